The zero-order valence-electron chi connectivity index (χ0n) is 11.6. The number of halogens is 2. The number of nitrogens with one attached hydrogen (secondary N) is 1. The summed E-state index contributed by atoms with van der Waals surface area (Å²) in [6, 6.07) is 12.5. The Kier molecular flexibility index (Phi) is 4.56. The summed E-state index contributed by atoms with van der Waals surface area (Å²) in [4.78, 5) is 1.06. The van der Waals surface area contributed by atoms with Gasteiger partial charge >= 0.3 is 0 Å². The fourth-order valence-electron chi connectivity index (χ4n) is 2.07. The van der Waals surface area contributed by atoms with E-state index in [1.54, 1.807) is 0 Å². The van der Waals surface area contributed by atoms with Gasteiger partial charge in [-0.2, -0.15) is 0 Å². The minimum absolute atomic E-state index is 0.353. The lowest BCUT2D eigenvalue weighted by Gasteiger charge is -2.06. The lowest BCUT2D eigenvalue weighted by molar-refractivity contribution is 0.591. The van der Waals surface area contributed by atoms with Crippen molar-refractivity contribution in [2.24, 2.45) is 0 Å². The van der Waals surface area contributed by atoms with Crippen molar-refractivity contribution in [3.63, 3.8) is 0 Å². The van der Waals surface area contributed by atoms with Gasteiger partial charge < -0.3 is 5.32 Å². The fourth-order valence-corrected chi connectivity index (χ4v) is 2.94. The first kappa shape index (κ1) is 14.5. The highest BCUT2D eigenvalue weighted by Gasteiger charge is 2.19. The summed E-state index contributed by atoms with van der Waals surface area (Å²) < 4.78 is 26.6. The van der Waals surface area contributed by atoms with Gasteiger partial charge in [-0.3, -0.25) is 0 Å². The summed E-state index contributed by atoms with van der Waals surface area (Å²) in [6.45, 7) is 0.897. The van der Waals surface area contributed by atoms with Gasteiger partial charge in [-0.15, -0.1) is 11.8 Å². The summed E-state index contributed by atoms with van der Waals surface area (Å²) >= 11 is 1.51. The van der Waals surface area contributed by atoms with Crippen LogP contribution in [0.4, 0.5) is 8.78 Å². The molecule has 110 valence electrons. The van der Waals surface area contributed by atoms with E-state index in [1.807, 2.05) is 12.1 Å². The SMILES string of the molecule is Fc1ccc(F)c(CSc2ccc(CNC3CC3)cc2)c1. The summed E-state index contributed by atoms with van der Waals surface area (Å²) in [6.07, 6.45) is 2.57. The molecule has 0 radical (unpaired) electrons. The van der Waals surface area contributed by atoms with Crippen molar-refractivity contribution in [2.75, 3.05) is 0 Å². The largest absolute Gasteiger partial charge is 0.310 e. The van der Waals surface area contributed by atoms with Crippen molar-refractivity contribution in [3.05, 3.63) is 65.2 Å². The molecule has 0 atom stereocenters. The van der Waals surface area contributed by atoms with Crippen molar-refractivity contribution in [1.29, 1.82) is 0 Å². The Bertz CT molecular complexity index is 609. The molecule has 2 aromatic carbocycles. The Hall–Kier alpha value is -1.39. The third-order valence-corrected chi connectivity index (χ3v) is 4.56. The first-order chi connectivity index (χ1) is 10.2. The van der Waals surface area contributed by atoms with Gasteiger partial charge in [0.05, 0.1) is 0 Å². The highest BCUT2D eigenvalue weighted by Crippen LogP contribution is 2.25. The summed E-state index contributed by atoms with van der Waals surface area (Å²) in [7, 11) is 0. The maximum atomic E-state index is 13.5. The molecule has 0 aromatic heterocycles. The number of hydrogen-bond acceptors (Lipinski definition) is 2. The zero-order chi connectivity index (χ0) is 14.7. The van der Waals surface area contributed by atoms with Crippen molar-refractivity contribution >= 4 is 11.8 Å². The van der Waals surface area contributed by atoms with Crippen LogP contribution in [0.3, 0.4) is 0 Å². The highest BCUT2D eigenvalue weighted by atomic mass is 32.2. The quantitative estimate of drug-likeness (QED) is 0.788. The lowest BCUT2D eigenvalue weighted by Crippen LogP contribution is -2.14. The molecule has 0 saturated heterocycles. The van der Waals surface area contributed by atoms with Crippen molar-refractivity contribution in [1.82, 2.24) is 5.32 Å². The van der Waals surface area contributed by atoms with Crippen LogP contribution in [0.1, 0.15) is 24.0 Å². The number of hydrogen-bond donors (Lipinski definition) is 1. The maximum Gasteiger partial charge on any atom is 0.127 e. The molecule has 1 aliphatic carbocycles. The van der Waals surface area contributed by atoms with Crippen LogP contribution >= 0.6 is 11.8 Å². The Morgan fingerprint density at radius 1 is 1.05 bits per heavy atom. The van der Waals surface area contributed by atoms with Gasteiger partial charge in [0, 0.05) is 28.8 Å². The molecule has 1 nitrogen and oxygen atoms in total. The average molecular weight is 305 g/mol. The molecule has 1 N–H and O–H groups in total. The summed E-state index contributed by atoms with van der Waals surface area (Å²) in [5.74, 6) is -0.314. The predicted octanol–water partition coefficient (Wildman–Crippen LogP) is 4.51. The Morgan fingerprint density at radius 3 is 2.52 bits per heavy atom. The Labute approximate surface area is 127 Å². The number of rotatable bonds is 6. The average Bonchev–Trinajstić information content (AvgIpc) is 3.31. The van der Waals surface area contributed by atoms with Gasteiger partial charge in [-0.1, -0.05) is 12.1 Å². The minimum Gasteiger partial charge on any atom is -0.310 e. The van der Waals surface area contributed by atoms with E-state index >= 15 is 0 Å². The molecule has 1 saturated carbocycles. The van der Waals surface area contributed by atoms with E-state index in [9.17, 15) is 8.78 Å². The number of benzene rings is 2. The van der Waals surface area contributed by atoms with Crippen LogP contribution in [0.5, 0.6) is 0 Å². The van der Waals surface area contributed by atoms with Gasteiger partial charge in [0.25, 0.3) is 0 Å². The van der Waals surface area contributed by atoms with Gasteiger partial charge in [-0.25, -0.2) is 8.78 Å². The molecule has 0 heterocycles. The van der Waals surface area contributed by atoms with E-state index in [1.165, 1.54) is 42.3 Å². The van der Waals surface area contributed by atoms with Crippen LogP contribution in [-0.4, -0.2) is 6.04 Å². The third-order valence-electron chi connectivity index (χ3n) is 3.50. The van der Waals surface area contributed by atoms with E-state index in [4.69, 9.17) is 0 Å². The molecule has 1 fully saturated rings. The molecule has 0 spiro atoms. The second-order valence-electron chi connectivity index (χ2n) is 5.32. The Morgan fingerprint density at radius 2 is 1.81 bits per heavy atom. The third kappa shape index (κ3) is 4.29. The number of thioether (sulfide) groups is 1. The van der Waals surface area contributed by atoms with Gasteiger partial charge in [-0.05, 0) is 48.7 Å². The van der Waals surface area contributed by atoms with E-state index in [0.29, 0.717) is 17.4 Å². The molecule has 0 unspecified atom stereocenters. The summed E-state index contributed by atoms with van der Waals surface area (Å²) in [5, 5.41) is 3.47. The van der Waals surface area contributed by atoms with E-state index in [-0.39, 0.29) is 5.82 Å². The molecule has 2 aromatic rings. The minimum atomic E-state index is -0.395. The predicted molar refractivity (Wildman–Crippen MR) is 82.2 cm³/mol. The van der Waals surface area contributed by atoms with Crippen molar-refractivity contribution in [3.8, 4) is 0 Å². The van der Waals surface area contributed by atoms with Crippen molar-refractivity contribution in [2.45, 2.75) is 36.1 Å². The smallest absolute Gasteiger partial charge is 0.127 e. The molecule has 0 amide bonds. The highest BCUT2D eigenvalue weighted by molar-refractivity contribution is 7.98. The van der Waals surface area contributed by atoms with Gasteiger partial charge in [0.15, 0.2) is 0 Å². The Balaban J connectivity index is 1.55. The van der Waals surface area contributed by atoms with E-state index in [0.717, 1.165) is 17.5 Å². The molecule has 3 rings (SSSR count). The van der Waals surface area contributed by atoms with Crippen LogP contribution in [0.2, 0.25) is 0 Å². The standard InChI is InChI=1S/C17H17F2NS/c18-14-3-8-17(19)13(9-14)11-21-16-6-1-12(2-7-16)10-20-15-4-5-15/h1-3,6-9,15,20H,4-5,10-11H2. The van der Waals surface area contributed by atoms with E-state index < -0.39 is 5.82 Å². The first-order valence-electron chi connectivity index (χ1n) is 7.10. The second-order valence-corrected chi connectivity index (χ2v) is 6.37. The second kappa shape index (κ2) is 6.58. The molecule has 1 aliphatic rings. The van der Waals surface area contributed by atoms with Crippen LogP contribution < -0.4 is 5.32 Å². The zero-order valence-corrected chi connectivity index (χ0v) is 12.4. The van der Waals surface area contributed by atoms with Crippen LogP contribution in [0.25, 0.3) is 0 Å². The van der Waals surface area contributed by atoms with Crippen molar-refractivity contribution < 1.29 is 8.78 Å². The van der Waals surface area contributed by atoms with Crippen LogP contribution in [0, 0.1) is 11.6 Å². The monoisotopic (exact) mass is 305 g/mol. The summed E-state index contributed by atoms with van der Waals surface area (Å²) in [5.41, 5.74) is 1.66. The molecule has 4 heteroatoms. The van der Waals surface area contributed by atoms with Gasteiger partial charge in [0.1, 0.15) is 11.6 Å². The van der Waals surface area contributed by atoms with Crippen LogP contribution in [-0.2, 0) is 12.3 Å². The topological polar surface area (TPSA) is 12.0 Å². The molecule has 0 aliphatic heterocycles. The lowest BCUT2D eigenvalue weighted by atomic mass is 10.2. The van der Waals surface area contributed by atoms with Gasteiger partial charge in [0.2, 0.25) is 0 Å². The normalized spacial score (nSPS) is 14.4. The van der Waals surface area contributed by atoms with E-state index in [2.05, 4.69) is 17.4 Å². The molecule has 21 heavy (non-hydrogen) atoms. The molecular weight excluding hydrogens is 288 g/mol. The molecular formula is C17H17F2NS. The maximum absolute atomic E-state index is 13.5. The molecule has 0 bridgehead atoms. The first-order valence-corrected chi connectivity index (χ1v) is 8.08. The fraction of sp³-hybridized carbons (Fsp3) is 0.294. The van der Waals surface area contributed by atoms with Crippen LogP contribution in [0.15, 0.2) is 47.4 Å².